The number of rotatable bonds is 2. The molecule has 1 unspecified atom stereocenters. The summed E-state index contributed by atoms with van der Waals surface area (Å²) in [5.41, 5.74) is 1.61. The van der Waals surface area contributed by atoms with Gasteiger partial charge in [0.1, 0.15) is 5.78 Å². The van der Waals surface area contributed by atoms with Crippen LogP contribution in [-0.2, 0) is 4.79 Å². The third-order valence-electron chi connectivity index (χ3n) is 3.81. The largest absolute Gasteiger partial charge is 0.300 e. The van der Waals surface area contributed by atoms with Gasteiger partial charge < -0.3 is 0 Å². The van der Waals surface area contributed by atoms with E-state index in [1.165, 1.54) is 5.56 Å². The van der Waals surface area contributed by atoms with E-state index in [4.69, 9.17) is 0 Å². The average molecular weight is 258 g/mol. The lowest BCUT2D eigenvalue weighted by molar-refractivity contribution is -0.120. The Morgan fingerprint density at radius 2 is 1.79 bits per heavy atom. The van der Waals surface area contributed by atoms with Gasteiger partial charge in [-0.2, -0.15) is 0 Å². The third kappa shape index (κ3) is 3.31. The van der Waals surface area contributed by atoms with Gasteiger partial charge in [-0.05, 0) is 24.3 Å². The van der Waals surface area contributed by atoms with Crippen molar-refractivity contribution in [2.75, 3.05) is 0 Å². The summed E-state index contributed by atoms with van der Waals surface area (Å²) in [6.45, 7) is 5.80. The Hall–Kier alpha value is -1.44. The minimum absolute atomic E-state index is 0.166. The Labute approximate surface area is 115 Å². The van der Waals surface area contributed by atoms with Crippen molar-refractivity contribution in [1.82, 2.24) is 0 Å². The molecule has 0 saturated heterocycles. The molecule has 0 aliphatic heterocycles. The van der Waals surface area contributed by atoms with Gasteiger partial charge in [-0.3, -0.25) is 9.59 Å². The summed E-state index contributed by atoms with van der Waals surface area (Å²) in [5.74, 6) is 0.880. The summed E-state index contributed by atoms with van der Waals surface area (Å²) in [5, 5.41) is 0. The molecular formula is C17H22O2. The van der Waals surface area contributed by atoms with Gasteiger partial charge in [0.05, 0.1) is 0 Å². The van der Waals surface area contributed by atoms with E-state index in [-0.39, 0.29) is 11.2 Å². The van der Waals surface area contributed by atoms with Crippen LogP contribution in [0, 0.1) is 5.41 Å². The molecule has 0 amide bonds. The van der Waals surface area contributed by atoms with Gasteiger partial charge in [0, 0.05) is 23.8 Å². The van der Waals surface area contributed by atoms with E-state index in [9.17, 15) is 9.59 Å². The van der Waals surface area contributed by atoms with Crippen molar-refractivity contribution < 1.29 is 9.59 Å². The van der Waals surface area contributed by atoms with Crippen molar-refractivity contribution >= 4 is 11.6 Å². The highest BCUT2D eigenvalue weighted by molar-refractivity contribution is 5.99. The van der Waals surface area contributed by atoms with Crippen molar-refractivity contribution in [3.8, 4) is 0 Å². The smallest absolute Gasteiger partial charge is 0.168 e. The number of carbonyl (C=O) groups excluding carboxylic acids is 2. The molecule has 0 bridgehead atoms. The fraction of sp³-hybridized carbons (Fsp3) is 0.529. The number of ketones is 2. The quantitative estimate of drug-likeness (QED) is 0.747. The minimum Gasteiger partial charge on any atom is -0.300 e. The van der Waals surface area contributed by atoms with Crippen molar-refractivity contribution in [3.63, 3.8) is 0 Å². The maximum atomic E-state index is 12.2. The molecule has 1 aromatic carbocycles. The molecule has 1 aromatic rings. The van der Waals surface area contributed by atoms with Crippen LogP contribution >= 0.6 is 0 Å². The van der Waals surface area contributed by atoms with Crippen LogP contribution in [0.2, 0.25) is 0 Å². The lowest BCUT2D eigenvalue weighted by Gasteiger charge is -2.22. The fourth-order valence-electron chi connectivity index (χ4n) is 2.65. The molecule has 2 heteroatoms. The summed E-state index contributed by atoms with van der Waals surface area (Å²) in [4.78, 5) is 23.7. The van der Waals surface area contributed by atoms with E-state index < -0.39 is 0 Å². The van der Waals surface area contributed by atoms with E-state index in [0.29, 0.717) is 18.1 Å². The number of carbonyl (C=O) groups is 2. The lowest BCUT2D eigenvalue weighted by Crippen LogP contribution is -2.20. The second kappa shape index (κ2) is 5.28. The molecule has 1 aliphatic rings. The Balaban J connectivity index is 2.14. The molecule has 2 rings (SSSR count). The summed E-state index contributed by atoms with van der Waals surface area (Å²) in [6.07, 6.45) is 3.47. The van der Waals surface area contributed by atoms with E-state index in [1.807, 2.05) is 45.0 Å². The van der Waals surface area contributed by atoms with E-state index in [0.717, 1.165) is 24.8 Å². The average Bonchev–Trinajstić information content (AvgIpc) is 2.37. The van der Waals surface area contributed by atoms with Crippen LogP contribution in [-0.4, -0.2) is 11.6 Å². The highest BCUT2D eigenvalue weighted by atomic mass is 16.1. The van der Waals surface area contributed by atoms with Crippen molar-refractivity contribution in [1.29, 1.82) is 0 Å². The molecule has 2 nitrogen and oxygen atoms in total. The van der Waals surface area contributed by atoms with Crippen molar-refractivity contribution in [2.45, 2.75) is 52.4 Å². The highest BCUT2D eigenvalue weighted by Crippen LogP contribution is 2.31. The monoisotopic (exact) mass is 258 g/mol. The molecule has 0 heterocycles. The maximum absolute atomic E-state index is 12.2. The molecule has 0 radical (unpaired) electrons. The molecular weight excluding hydrogens is 236 g/mol. The summed E-state index contributed by atoms with van der Waals surface area (Å²) in [7, 11) is 0. The highest BCUT2D eigenvalue weighted by Gasteiger charge is 2.24. The summed E-state index contributed by atoms with van der Waals surface area (Å²) < 4.78 is 0. The molecule has 1 saturated carbocycles. The Kier molecular flexibility index (Phi) is 3.88. The van der Waals surface area contributed by atoms with Gasteiger partial charge in [-0.25, -0.2) is 0 Å². The van der Waals surface area contributed by atoms with Crippen LogP contribution in [0.25, 0.3) is 0 Å². The molecule has 1 atom stereocenters. The Morgan fingerprint density at radius 3 is 2.32 bits per heavy atom. The van der Waals surface area contributed by atoms with Gasteiger partial charge in [0.2, 0.25) is 0 Å². The van der Waals surface area contributed by atoms with Gasteiger partial charge in [-0.15, -0.1) is 0 Å². The zero-order chi connectivity index (χ0) is 14.0. The predicted octanol–water partition coefficient (Wildman–Crippen LogP) is 4.14. The topological polar surface area (TPSA) is 34.1 Å². The minimum atomic E-state index is -0.345. The van der Waals surface area contributed by atoms with Crippen LogP contribution in [0.4, 0.5) is 0 Å². The van der Waals surface area contributed by atoms with Gasteiger partial charge in [0.15, 0.2) is 5.78 Å². The SMILES string of the molecule is CC(C)(C)C(=O)c1ccc(C2CCCC(=O)C2)cc1. The number of hydrogen-bond acceptors (Lipinski definition) is 2. The number of benzene rings is 1. The molecule has 1 fully saturated rings. The molecule has 0 spiro atoms. The fourth-order valence-corrected chi connectivity index (χ4v) is 2.65. The zero-order valence-electron chi connectivity index (χ0n) is 12.0. The second-order valence-corrected chi connectivity index (χ2v) is 6.53. The molecule has 19 heavy (non-hydrogen) atoms. The maximum Gasteiger partial charge on any atom is 0.168 e. The van der Waals surface area contributed by atoms with Gasteiger partial charge in [0.25, 0.3) is 0 Å². The van der Waals surface area contributed by atoms with Gasteiger partial charge >= 0.3 is 0 Å². The second-order valence-electron chi connectivity index (χ2n) is 6.53. The normalized spacial score (nSPS) is 20.4. The summed E-state index contributed by atoms with van der Waals surface area (Å²) in [6, 6.07) is 7.84. The van der Waals surface area contributed by atoms with E-state index in [2.05, 4.69) is 0 Å². The number of Topliss-reactive ketones (excluding diaryl/α,β-unsaturated/α-hetero) is 2. The van der Waals surface area contributed by atoms with E-state index >= 15 is 0 Å². The first-order chi connectivity index (χ1) is 8.88. The molecule has 0 aromatic heterocycles. The van der Waals surface area contributed by atoms with Crippen molar-refractivity contribution in [3.05, 3.63) is 35.4 Å². The summed E-state index contributed by atoms with van der Waals surface area (Å²) >= 11 is 0. The van der Waals surface area contributed by atoms with E-state index in [1.54, 1.807) is 0 Å². The standard InChI is InChI=1S/C17H22O2/c1-17(2,3)16(19)13-9-7-12(8-10-13)14-5-4-6-15(18)11-14/h7-10,14H,4-6,11H2,1-3H3. The first-order valence-electron chi connectivity index (χ1n) is 7.04. The zero-order valence-corrected chi connectivity index (χ0v) is 12.0. The third-order valence-corrected chi connectivity index (χ3v) is 3.81. The molecule has 102 valence electrons. The Morgan fingerprint density at radius 1 is 1.16 bits per heavy atom. The van der Waals surface area contributed by atoms with Crippen LogP contribution in [0.3, 0.4) is 0 Å². The van der Waals surface area contributed by atoms with Crippen LogP contribution in [0.1, 0.15) is 68.3 Å². The van der Waals surface area contributed by atoms with Crippen LogP contribution < -0.4 is 0 Å². The lowest BCUT2D eigenvalue weighted by atomic mass is 9.82. The molecule has 1 aliphatic carbocycles. The Bertz CT molecular complexity index is 477. The first kappa shape index (κ1) is 14.0. The van der Waals surface area contributed by atoms with Crippen molar-refractivity contribution in [2.24, 2.45) is 5.41 Å². The van der Waals surface area contributed by atoms with Gasteiger partial charge in [-0.1, -0.05) is 45.0 Å². The molecule has 0 N–H and O–H groups in total. The van der Waals surface area contributed by atoms with Crippen LogP contribution in [0.15, 0.2) is 24.3 Å². The predicted molar refractivity (Wildman–Crippen MR) is 76.4 cm³/mol. The van der Waals surface area contributed by atoms with Crippen LogP contribution in [0.5, 0.6) is 0 Å². The number of hydrogen-bond donors (Lipinski definition) is 0. The first-order valence-corrected chi connectivity index (χ1v) is 7.04.